The second-order valence-electron chi connectivity index (χ2n) is 34.1. The Labute approximate surface area is 769 Å². The predicted molar refractivity (Wildman–Crippen MR) is 554 cm³/mol. The molecule has 0 aliphatic heterocycles. The Morgan fingerprint density at radius 3 is 0.896 bits per heavy atom. The van der Waals surface area contributed by atoms with Crippen LogP contribution in [0.2, 0.25) is 0 Å². The van der Waals surface area contributed by atoms with Crippen molar-refractivity contribution in [3.8, 4) is 90.9 Å². The lowest BCUT2D eigenvalue weighted by Crippen LogP contribution is -2.04. The van der Waals surface area contributed by atoms with Crippen molar-refractivity contribution in [1.82, 2.24) is 57.3 Å². The Hall–Kier alpha value is -18.3. The number of aromatic nitrogens is 12. The maximum atomic E-state index is 5.38. The van der Waals surface area contributed by atoms with Gasteiger partial charge in [0.1, 0.15) is 0 Å². The predicted octanol–water partition coefficient (Wildman–Crippen LogP) is 30.7. The zero-order chi connectivity index (χ0) is 88.3. The van der Waals surface area contributed by atoms with Gasteiger partial charge in [0.2, 0.25) is 17.8 Å². The third-order valence-electron chi connectivity index (χ3n) is 26.5. The fourth-order valence-electron chi connectivity index (χ4n) is 20.4. The summed E-state index contributed by atoms with van der Waals surface area (Å²) in [6, 6.07) is 160. The molecule has 28 rings (SSSR count). The molecule has 12 nitrogen and oxygen atoms in total. The van der Waals surface area contributed by atoms with E-state index in [0.717, 1.165) is 155 Å². The lowest BCUT2D eigenvalue weighted by atomic mass is 9.96. The number of benzene rings is 19. The van der Waals surface area contributed by atoms with E-state index < -0.39 is 0 Å². The number of hydrogen-bond acceptors (Lipinski definition) is 6. The van der Waals surface area contributed by atoms with Gasteiger partial charge in [-0.15, -0.1) is 0 Å². The van der Waals surface area contributed by atoms with Crippen molar-refractivity contribution in [2.24, 2.45) is 0 Å². The number of hydrogen-bond donors (Lipinski definition) is 0. The van der Waals surface area contributed by atoms with Gasteiger partial charge in [-0.3, -0.25) is 13.7 Å². The molecule has 0 bridgehead atoms. The first-order chi connectivity index (χ1) is 66.5. The van der Waals surface area contributed by atoms with Gasteiger partial charge in [0.05, 0.1) is 83.3 Å². The fraction of sp³-hybridized carbons (Fsp3) is 0. The zero-order valence-electron chi connectivity index (χ0n) is 72.4. The third-order valence-corrected chi connectivity index (χ3v) is 26.5. The summed E-state index contributed by atoms with van der Waals surface area (Å²) in [6.07, 6.45) is 6.47. The molecule has 0 saturated heterocycles. The number of fused-ring (bicyclic) bond motifs is 20. The highest BCUT2D eigenvalue weighted by Crippen LogP contribution is 2.45. The van der Waals surface area contributed by atoms with Crippen LogP contribution in [0.15, 0.2) is 474 Å². The van der Waals surface area contributed by atoms with Gasteiger partial charge in [0.15, 0.2) is 0 Å². The molecule has 0 aliphatic rings. The van der Waals surface area contributed by atoms with E-state index in [-0.39, 0.29) is 0 Å². The summed E-state index contributed by atoms with van der Waals surface area (Å²) in [6.45, 7) is 0. The van der Waals surface area contributed by atoms with Crippen molar-refractivity contribution in [2.75, 3.05) is 0 Å². The molecule has 626 valence electrons. The first kappa shape index (κ1) is 76.9. The smallest absolute Gasteiger partial charge is 0.235 e. The summed E-state index contributed by atoms with van der Waals surface area (Å²) in [5, 5.41) is 18.5. The number of nitrogens with zero attached hydrogens (tertiary/aromatic N) is 12. The Balaban J connectivity index is 0.000000105. The second kappa shape index (κ2) is 31.9. The highest BCUT2D eigenvalue weighted by Gasteiger charge is 2.26. The highest BCUT2D eigenvalue weighted by atomic mass is 15.2. The Morgan fingerprint density at radius 1 is 0.157 bits per heavy atom. The molecule has 28 aromatic rings. The summed E-state index contributed by atoms with van der Waals surface area (Å²) in [5.41, 5.74) is 26.9. The molecule has 0 aliphatic carbocycles. The minimum atomic E-state index is 0.660. The van der Waals surface area contributed by atoms with Crippen molar-refractivity contribution in [3.63, 3.8) is 0 Å². The van der Waals surface area contributed by atoms with Gasteiger partial charge in [0.25, 0.3) is 0 Å². The van der Waals surface area contributed by atoms with Gasteiger partial charge in [-0.25, -0.2) is 29.9 Å². The molecule has 0 fully saturated rings. The summed E-state index contributed by atoms with van der Waals surface area (Å²) in [7, 11) is 0. The van der Waals surface area contributed by atoms with E-state index in [9.17, 15) is 0 Å². The fourth-order valence-corrected chi connectivity index (χ4v) is 20.4. The van der Waals surface area contributed by atoms with Gasteiger partial charge in [-0.05, 0) is 159 Å². The standard InChI is InChI=1S/C44H28N4.C40H26N4.C38H24N4/c1-2-13-32(14-3-1)47-28-27-38-40(47)26-25-36-35-16-7-9-20-41(35)48(43(36)38)44-45-39-19-8-6-17-37(39)42(46-44)31-23-21-30(22-24-31)34-18-10-12-29-11-4-5-15-33(29)34;1-3-12-27(13-4-1)28-14-11-15-29(26-28)38-33-19-7-9-20-35(33)41-40(42-38)44-37-21-10-8-18-31(37)32-22-23-36-34(39(32)44)24-25-43(36)30-16-5-2-6-17-30;1-2-13-26(14-3-1)41-24-23-32-34(41)22-21-30-28-16-7-9-20-35(28)42(37(30)32)38-39-33-19-8-6-17-31(33)36(40-38)29-18-10-12-25-11-4-5-15-27(25)29/h1-28H;1-26H;1-24H. The molecule has 0 radical (unpaired) electrons. The molecule has 19 aromatic carbocycles. The second-order valence-corrected chi connectivity index (χ2v) is 34.1. The van der Waals surface area contributed by atoms with Crippen LogP contribution in [0, 0.1) is 0 Å². The van der Waals surface area contributed by atoms with E-state index in [1.54, 1.807) is 0 Å². The molecule has 0 atom stereocenters. The molecule has 9 heterocycles. The van der Waals surface area contributed by atoms with Crippen LogP contribution < -0.4 is 0 Å². The van der Waals surface area contributed by atoms with Gasteiger partial charge in [-0.1, -0.05) is 340 Å². The molecule has 0 saturated carbocycles. The average Bonchev–Trinajstić information content (AvgIpc) is 1.57. The van der Waals surface area contributed by atoms with Crippen molar-refractivity contribution in [2.45, 2.75) is 0 Å². The van der Waals surface area contributed by atoms with Crippen molar-refractivity contribution in [3.05, 3.63) is 474 Å². The first-order valence-corrected chi connectivity index (χ1v) is 45.3. The molecule has 0 amide bonds. The van der Waals surface area contributed by atoms with Gasteiger partial charge < -0.3 is 13.7 Å². The van der Waals surface area contributed by atoms with Gasteiger partial charge in [0, 0.05) is 117 Å². The molecule has 0 unspecified atom stereocenters. The summed E-state index contributed by atoms with van der Waals surface area (Å²) in [5.74, 6) is 1.99. The van der Waals surface area contributed by atoms with E-state index in [4.69, 9.17) is 29.9 Å². The quantitative estimate of drug-likeness (QED) is 0.128. The van der Waals surface area contributed by atoms with Crippen molar-refractivity contribution >= 4 is 152 Å². The van der Waals surface area contributed by atoms with Gasteiger partial charge in [-0.2, -0.15) is 0 Å². The normalized spacial score (nSPS) is 11.7. The maximum Gasteiger partial charge on any atom is 0.235 e. The Kier molecular flexibility index (Phi) is 18.3. The van der Waals surface area contributed by atoms with Crippen LogP contribution in [0.5, 0.6) is 0 Å². The van der Waals surface area contributed by atoms with E-state index in [1.807, 2.05) is 12.1 Å². The Bertz CT molecular complexity index is 9510. The minimum absolute atomic E-state index is 0.660. The largest absolute Gasteiger partial charge is 0.316 e. The third kappa shape index (κ3) is 12.8. The van der Waals surface area contributed by atoms with E-state index >= 15 is 0 Å². The zero-order valence-corrected chi connectivity index (χ0v) is 72.4. The lowest BCUT2D eigenvalue weighted by molar-refractivity contribution is 1.02. The summed E-state index contributed by atoms with van der Waals surface area (Å²) < 4.78 is 13.5. The van der Waals surface area contributed by atoms with Crippen LogP contribution in [0.1, 0.15) is 0 Å². The molecular weight excluding hydrogens is 1630 g/mol. The monoisotopic (exact) mass is 1710 g/mol. The van der Waals surface area contributed by atoms with Crippen LogP contribution in [0.3, 0.4) is 0 Å². The minimum Gasteiger partial charge on any atom is -0.316 e. The van der Waals surface area contributed by atoms with E-state index in [2.05, 4.69) is 489 Å². The molecule has 12 heteroatoms. The molecule has 0 N–H and O–H groups in total. The van der Waals surface area contributed by atoms with Crippen molar-refractivity contribution in [1.29, 1.82) is 0 Å². The summed E-state index contributed by atoms with van der Waals surface area (Å²) >= 11 is 0. The lowest BCUT2D eigenvalue weighted by Gasteiger charge is -2.13. The summed E-state index contributed by atoms with van der Waals surface area (Å²) in [4.78, 5) is 31.8. The molecule has 0 spiro atoms. The van der Waals surface area contributed by atoms with Crippen LogP contribution in [0.4, 0.5) is 0 Å². The van der Waals surface area contributed by atoms with Crippen LogP contribution in [-0.2, 0) is 0 Å². The maximum absolute atomic E-state index is 5.38. The molecule has 134 heavy (non-hydrogen) atoms. The molecule has 9 aromatic heterocycles. The Morgan fingerprint density at radius 2 is 0.463 bits per heavy atom. The average molecular weight is 1710 g/mol. The highest BCUT2D eigenvalue weighted by molar-refractivity contribution is 6.22. The first-order valence-electron chi connectivity index (χ1n) is 45.3. The number of rotatable bonds is 11. The van der Waals surface area contributed by atoms with Crippen molar-refractivity contribution < 1.29 is 0 Å². The topological polar surface area (TPSA) is 107 Å². The van der Waals surface area contributed by atoms with Gasteiger partial charge >= 0.3 is 0 Å². The van der Waals surface area contributed by atoms with Crippen LogP contribution in [-0.4, -0.2) is 57.3 Å². The van der Waals surface area contributed by atoms with Crippen LogP contribution >= 0.6 is 0 Å². The van der Waals surface area contributed by atoms with Crippen LogP contribution in [0.25, 0.3) is 243 Å². The SMILES string of the molecule is c1ccc(-c2cccc(-c3nc(-n4c5ccccc5c5ccc6c(ccn6-c6ccccc6)c54)nc4ccccc34)c2)cc1.c1ccc(-n2ccc3c2ccc2c4ccccc4n(-c4nc(-c5ccc(-c6cccc7ccccc67)cc5)c5ccccc5n4)c23)cc1.c1ccc(-n2ccc3c2ccc2c4ccccc4n(-c4nc(-c5cccc6ccccc56)c5ccccc5n4)c23)cc1. The van der Waals surface area contributed by atoms with E-state index in [1.165, 1.54) is 70.6 Å². The van der Waals surface area contributed by atoms with E-state index in [0.29, 0.717) is 17.8 Å². The number of para-hydroxylation sites is 9. The molecular formula is C122H78N12.